The van der Waals surface area contributed by atoms with Gasteiger partial charge in [-0.25, -0.2) is 0 Å². The minimum Gasteiger partial charge on any atom is -0.341 e. The van der Waals surface area contributed by atoms with Crippen LogP contribution in [-0.4, -0.2) is 30.4 Å². The van der Waals surface area contributed by atoms with Crippen molar-refractivity contribution in [2.45, 2.75) is 18.8 Å². The van der Waals surface area contributed by atoms with Gasteiger partial charge in [-0.3, -0.25) is 4.79 Å². The fourth-order valence-electron chi connectivity index (χ4n) is 3.31. The Labute approximate surface area is 147 Å². The first-order valence-corrected chi connectivity index (χ1v) is 8.71. The van der Waals surface area contributed by atoms with Crippen LogP contribution in [0.2, 0.25) is 0 Å². The molecule has 0 bridgehead atoms. The van der Waals surface area contributed by atoms with Crippen molar-refractivity contribution in [3.05, 3.63) is 58.3 Å². The highest BCUT2D eigenvalue weighted by atomic mass is 35.5. The van der Waals surface area contributed by atoms with E-state index in [0.717, 1.165) is 18.7 Å². The van der Waals surface area contributed by atoms with Crippen LogP contribution in [0.1, 0.15) is 29.9 Å². The molecule has 2 aromatic rings. The molecule has 3 atom stereocenters. The van der Waals surface area contributed by atoms with Crippen LogP contribution in [0.15, 0.2) is 47.2 Å². The SMILES string of the molecule is CC(C(=O)N1C[C@@H](CN)[C@H](c2ccccc2)C1)c1ccsc1.Cl. The molecule has 0 radical (unpaired) electrons. The van der Waals surface area contributed by atoms with Gasteiger partial charge in [0.15, 0.2) is 0 Å². The van der Waals surface area contributed by atoms with E-state index in [2.05, 4.69) is 29.6 Å². The fourth-order valence-corrected chi connectivity index (χ4v) is 4.06. The van der Waals surface area contributed by atoms with Gasteiger partial charge in [0.05, 0.1) is 5.92 Å². The van der Waals surface area contributed by atoms with Crippen LogP contribution >= 0.6 is 23.7 Å². The number of nitrogens with two attached hydrogens (primary N) is 1. The molecule has 1 aliphatic heterocycles. The van der Waals surface area contributed by atoms with E-state index in [1.807, 2.05) is 29.3 Å². The standard InChI is InChI=1S/C18H22N2OS.ClH/c1-13(15-7-8-22-12-15)18(21)20-10-16(9-19)17(11-20)14-5-3-2-4-6-14;/h2-8,12-13,16-17H,9-11,19H2,1H3;1H/t13?,16-,17+;/m1./s1. The molecule has 0 saturated carbocycles. The summed E-state index contributed by atoms with van der Waals surface area (Å²) in [5, 5.41) is 4.09. The maximum atomic E-state index is 12.8. The van der Waals surface area contributed by atoms with Gasteiger partial charge in [0.1, 0.15) is 0 Å². The lowest BCUT2D eigenvalue weighted by atomic mass is 9.89. The largest absolute Gasteiger partial charge is 0.341 e. The van der Waals surface area contributed by atoms with Crippen molar-refractivity contribution in [1.82, 2.24) is 4.90 Å². The van der Waals surface area contributed by atoms with Crippen molar-refractivity contribution < 1.29 is 4.79 Å². The Morgan fingerprint density at radius 1 is 1.30 bits per heavy atom. The predicted molar refractivity (Wildman–Crippen MR) is 98.3 cm³/mol. The van der Waals surface area contributed by atoms with Crippen LogP contribution in [0, 0.1) is 5.92 Å². The van der Waals surface area contributed by atoms with Crippen LogP contribution in [0.25, 0.3) is 0 Å². The second kappa shape index (κ2) is 7.95. The summed E-state index contributed by atoms with van der Waals surface area (Å²) in [6.45, 7) is 4.16. The average molecular weight is 351 g/mol. The van der Waals surface area contributed by atoms with Gasteiger partial charge in [0, 0.05) is 19.0 Å². The first-order valence-electron chi connectivity index (χ1n) is 7.76. The zero-order chi connectivity index (χ0) is 15.5. The molecule has 2 N–H and O–H groups in total. The third-order valence-corrected chi connectivity index (χ3v) is 5.40. The van der Waals surface area contributed by atoms with Gasteiger partial charge in [0.25, 0.3) is 0 Å². The van der Waals surface area contributed by atoms with E-state index in [1.165, 1.54) is 5.56 Å². The number of nitrogens with zero attached hydrogens (tertiary/aromatic N) is 1. The van der Waals surface area contributed by atoms with Gasteiger partial charge < -0.3 is 10.6 Å². The molecular formula is C18H23ClN2OS. The number of carbonyl (C=O) groups excluding carboxylic acids is 1. The van der Waals surface area contributed by atoms with Gasteiger partial charge in [-0.2, -0.15) is 11.3 Å². The molecule has 23 heavy (non-hydrogen) atoms. The molecule has 1 fully saturated rings. The van der Waals surface area contributed by atoms with E-state index in [0.29, 0.717) is 18.4 Å². The summed E-state index contributed by atoms with van der Waals surface area (Å²) < 4.78 is 0. The lowest BCUT2D eigenvalue weighted by molar-refractivity contribution is -0.131. The first kappa shape index (κ1) is 18.0. The summed E-state index contributed by atoms with van der Waals surface area (Å²) in [6, 6.07) is 12.5. The summed E-state index contributed by atoms with van der Waals surface area (Å²) >= 11 is 1.64. The van der Waals surface area contributed by atoms with E-state index >= 15 is 0 Å². The predicted octanol–water partition coefficient (Wildman–Crippen LogP) is 3.47. The van der Waals surface area contributed by atoms with E-state index < -0.39 is 0 Å². The number of rotatable bonds is 4. The Balaban J connectivity index is 0.00000192. The molecule has 1 aromatic heterocycles. The Kier molecular flexibility index (Phi) is 6.22. The topological polar surface area (TPSA) is 46.3 Å². The number of thiophene rings is 1. The zero-order valence-electron chi connectivity index (χ0n) is 13.2. The Hall–Kier alpha value is -1.36. The molecule has 1 saturated heterocycles. The summed E-state index contributed by atoms with van der Waals surface area (Å²) in [7, 11) is 0. The lowest BCUT2D eigenvalue weighted by Crippen LogP contribution is -2.33. The van der Waals surface area contributed by atoms with Gasteiger partial charge in [-0.15, -0.1) is 12.4 Å². The monoisotopic (exact) mass is 350 g/mol. The minimum absolute atomic E-state index is 0. The summed E-state index contributed by atoms with van der Waals surface area (Å²) in [5.41, 5.74) is 8.36. The highest BCUT2D eigenvalue weighted by molar-refractivity contribution is 7.08. The number of hydrogen-bond donors (Lipinski definition) is 1. The fraction of sp³-hybridized carbons (Fsp3) is 0.389. The van der Waals surface area contributed by atoms with Crippen molar-refractivity contribution in [2.24, 2.45) is 11.7 Å². The lowest BCUT2D eigenvalue weighted by Gasteiger charge is -2.20. The smallest absolute Gasteiger partial charge is 0.229 e. The second-order valence-corrected chi connectivity index (χ2v) is 6.81. The third kappa shape index (κ3) is 3.77. The molecule has 2 heterocycles. The minimum atomic E-state index is -0.0702. The van der Waals surface area contributed by atoms with E-state index in [1.54, 1.807) is 11.3 Å². The molecule has 0 spiro atoms. The molecule has 1 amide bonds. The first-order chi connectivity index (χ1) is 10.7. The Morgan fingerprint density at radius 3 is 2.65 bits per heavy atom. The number of amides is 1. The van der Waals surface area contributed by atoms with Gasteiger partial charge in [0.2, 0.25) is 5.91 Å². The number of benzene rings is 1. The summed E-state index contributed by atoms with van der Waals surface area (Å²) in [4.78, 5) is 14.8. The molecule has 3 rings (SSSR count). The second-order valence-electron chi connectivity index (χ2n) is 6.03. The van der Waals surface area contributed by atoms with Gasteiger partial charge in [-0.1, -0.05) is 30.3 Å². The van der Waals surface area contributed by atoms with E-state index in [9.17, 15) is 4.79 Å². The molecule has 5 heteroatoms. The maximum absolute atomic E-state index is 12.8. The number of halogens is 1. The van der Waals surface area contributed by atoms with Crippen LogP contribution in [0.3, 0.4) is 0 Å². The number of likely N-dealkylation sites (tertiary alicyclic amines) is 1. The Morgan fingerprint density at radius 2 is 2.04 bits per heavy atom. The molecule has 3 nitrogen and oxygen atoms in total. The zero-order valence-corrected chi connectivity index (χ0v) is 14.9. The van der Waals surface area contributed by atoms with Crippen molar-refractivity contribution in [2.75, 3.05) is 19.6 Å². The maximum Gasteiger partial charge on any atom is 0.229 e. The Bertz CT molecular complexity index is 617. The third-order valence-electron chi connectivity index (χ3n) is 4.70. The van der Waals surface area contributed by atoms with Gasteiger partial charge >= 0.3 is 0 Å². The molecule has 124 valence electrons. The van der Waals surface area contributed by atoms with Crippen LogP contribution in [0.4, 0.5) is 0 Å². The summed E-state index contributed by atoms with van der Waals surface area (Å²) in [5.74, 6) is 0.848. The molecule has 0 aliphatic carbocycles. The molecular weight excluding hydrogens is 328 g/mol. The van der Waals surface area contributed by atoms with Crippen LogP contribution in [-0.2, 0) is 4.79 Å². The van der Waals surface area contributed by atoms with Crippen molar-refractivity contribution >= 4 is 29.7 Å². The normalized spacial score (nSPS) is 21.7. The van der Waals surface area contributed by atoms with E-state index in [4.69, 9.17) is 5.73 Å². The summed E-state index contributed by atoms with van der Waals surface area (Å²) in [6.07, 6.45) is 0. The number of carbonyl (C=O) groups is 1. The van der Waals surface area contributed by atoms with Crippen molar-refractivity contribution in [3.63, 3.8) is 0 Å². The van der Waals surface area contributed by atoms with Crippen molar-refractivity contribution in [1.29, 1.82) is 0 Å². The van der Waals surface area contributed by atoms with Gasteiger partial charge in [-0.05, 0) is 47.3 Å². The number of hydrogen-bond acceptors (Lipinski definition) is 3. The highest BCUT2D eigenvalue weighted by Gasteiger charge is 2.36. The molecule has 1 aliphatic rings. The van der Waals surface area contributed by atoms with E-state index in [-0.39, 0.29) is 24.2 Å². The molecule has 1 unspecified atom stereocenters. The van der Waals surface area contributed by atoms with Crippen LogP contribution < -0.4 is 5.73 Å². The highest BCUT2D eigenvalue weighted by Crippen LogP contribution is 2.34. The average Bonchev–Trinajstić information content (AvgIpc) is 3.23. The van der Waals surface area contributed by atoms with Crippen molar-refractivity contribution in [3.8, 4) is 0 Å². The molecule has 1 aromatic carbocycles. The quantitative estimate of drug-likeness (QED) is 0.917. The van der Waals surface area contributed by atoms with Crippen LogP contribution in [0.5, 0.6) is 0 Å².